The maximum Gasteiger partial charge on any atom is 0.251 e. The molecule has 0 unspecified atom stereocenters. The van der Waals surface area contributed by atoms with Gasteiger partial charge in [-0.2, -0.15) is 4.98 Å². The quantitative estimate of drug-likeness (QED) is 0.391. The smallest absolute Gasteiger partial charge is 0.251 e. The summed E-state index contributed by atoms with van der Waals surface area (Å²) in [6, 6.07) is 15.4. The minimum Gasteiger partial charge on any atom is -0.383 e. The van der Waals surface area contributed by atoms with Crippen LogP contribution in [0.15, 0.2) is 54.9 Å². The van der Waals surface area contributed by atoms with Crippen LogP contribution in [0.25, 0.3) is 22.3 Å². The van der Waals surface area contributed by atoms with Gasteiger partial charge in [-0.15, -0.1) is 0 Å². The second kappa shape index (κ2) is 10.7. The predicted octanol–water partition coefficient (Wildman–Crippen LogP) is 3.08. The molecule has 2 N–H and O–H groups in total. The average Bonchev–Trinajstić information content (AvgIpc) is 3.34. The van der Waals surface area contributed by atoms with Gasteiger partial charge in [-0.25, -0.2) is 9.97 Å². The number of nitrogens with zero attached hydrogens (tertiary/aromatic N) is 5. The molecule has 2 aromatic heterocycles. The van der Waals surface area contributed by atoms with Crippen LogP contribution < -0.4 is 15.5 Å². The molecule has 0 saturated carbocycles. The Bertz CT molecular complexity index is 1350. The summed E-state index contributed by atoms with van der Waals surface area (Å²) < 4.78 is 12.8. The van der Waals surface area contributed by atoms with Crippen molar-refractivity contribution in [2.75, 3.05) is 57.3 Å². The standard InChI is InChI=1S/C26H29N7O3/c1-27-25(34)18-3-6-20(7-4-18)29-24-16-22(30-26(31-24)32-10-13-36-14-11-32)19-5-8-21-23(15-19)33(17-28-21)9-12-35-2/h3-8,15-17H,9-14H2,1-2H3,(H,27,34)(H,29,30,31). The lowest BCUT2D eigenvalue weighted by atomic mass is 10.1. The molecule has 0 aliphatic carbocycles. The van der Waals surface area contributed by atoms with Crippen LogP contribution in [-0.4, -0.2) is 72.5 Å². The summed E-state index contributed by atoms with van der Waals surface area (Å²) in [6.07, 6.45) is 1.84. The molecule has 4 aromatic rings. The number of aromatic nitrogens is 4. The average molecular weight is 488 g/mol. The molecule has 0 atom stereocenters. The van der Waals surface area contributed by atoms with Gasteiger partial charge in [0.05, 0.1) is 42.9 Å². The molecular weight excluding hydrogens is 458 g/mol. The van der Waals surface area contributed by atoms with Gasteiger partial charge in [0.25, 0.3) is 5.91 Å². The number of benzene rings is 2. The van der Waals surface area contributed by atoms with Crippen molar-refractivity contribution in [2.24, 2.45) is 0 Å². The third kappa shape index (κ3) is 5.14. The van der Waals surface area contributed by atoms with Crippen LogP contribution in [0.3, 0.4) is 0 Å². The highest BCUT2D eigenvalue weighted by Gasteiger charge is 2.17. The number of carbonyl (C=O) groups excluding carboxylic acids is 1. The monoisotopic (exact) mass is 487 g/mol. The molecule has 186 valence electrons. The molecule has 0 bridgehead atoms. The summed E-state index contributed by atoms with van der Waals surface area (Å²) in [6.45, 7) is 4.07. The van der Waals surface area contributed by atoms with E-state index in [9.17, 15) is 4.79 Å². The fourth-order valence-corrected chi connectivity index (χ4v) is 4.13. The number of hydrogen-bond donors (Lipinski definition) is 2. The second-order valence-electron chi connectivity index (χ2n) is 8.45. The van der Waals surface area contributed by atoms with E-state index in [1.54, 1.807) is 26.3 Å². The van der Waals surface area contributed by atoms with E-state index in [-0.39, 0.29) is 5.91 Å². The number of fused-ring (bicyclic) bond motifs is 1. The number of anilines is 3. The van der Waals surface area contributed by atoms with Crippen LogP contribution in [0.4, 0.5) is 17.5 Å². The Balaban J connectivity index is 1.50. The predicted molar refractivity (Wildman–Crippen MR) is 139 cm³/mol. The van der Waals surface area contributed by atoms with Gasteiger partial charge >= 0.3 is 0 Å². The number of imidazole rings is 1. The first kappa shape index (κ1) is 23.7. The van der Waals surface area contributed by atoms with Gasteiger partial charge in [0.2, 0.25) is 5.95 Å². The normalized spacial score (nSPS) is 13.7. The van der Waals surface area contributed by atoms with E-state index >= 15 is 0 Å². The van der Waals surface area contributed by atoms with Crippen molar-refractivity contribution in [2.45, 2.75) is 6.54 Å². The first-order chi connectivity index (χ1) is 17.6. The summed E-state index contributed by atoms with van der Waals surface area (Å²) in [4.78, 5) is 28.2. The van der Waals surface area contributed by atoms with E-state index in [1.807, 2.05) is 36.7 Å². The Morgan fingerprint density at radius 3 is 2.64 bits per heavy atom. The Morgan fingerprint density at radius 2 is 1.89 bits per heavy atom. The van der Waals surface area contributed by atoms with Crippen molar-refractivity contribution < 1.29 is 14.3 Å². The maximum absolute atomic E-state index is 11.9. The molecule has 3 heterocycles. The van der Waals surface area contributed by atoms with Gasteiger partial charge in [-0.1, -0.05) is 6.07 Å². The Labute approximate surface area is 209 Å². The Morgan fingerprint density at radius 1 is 1.08 bits per heavy atom. The molecule has 10 heteroatoms. The summed E-state index contributed by atoms with van der Waals surface area (Å²) in [5, 5.41) is 6.01. The number of methoxy groups -OCH3 is 1. The van der Waals surface area contributed by atoms with Gasteiger partial charge in [0.1, 0.15) is 5.82 Å². The van der Waals surface area contributed by atoms with E-state index < -0.39 is 0 Å². The first-order valence-electron chi connectivity index (χ1n) is 11.9. The molecule has 1 fully saturated rings. The van der Waals surface area contributed by atoms with Crippen molar-refractivity contribution in [3.63, 3.8) is 0 Å². The molecule has 1 aliphatic heterocycles. The van der Waals surface area contributed by atoms with Crippen molar-refractivity contribution in [3.8, 4) is 11.3 Å². The third-order valence-corrected chi connectivity index (χ3v) is 6.11. The number of amides is 1. The lowest BCUT2D eigenvalue weighted by molar-refractivity contribution is 0.0963. The van der Waals surface area contributed by atoms with Crippen LogP contribution in [0, 0.1) is 0 Å². The number of hydrogen-bond acceptors (Lipinski definition) is 8. The van der Waals surface area contributed by atoms with Crippen LogP contribution >= 0.6 is 0 Å². The van der Waals surface area contributed by atoms with Crippen molar-refractivity contribution >= 4 is 34.4 Å². The number of nitrogens with one attached hydrogen (secondary N) is 2. The van der Waals surface area contributed by atoms with Gasteiger partial charge in [0, 0.05) is 56.7 Å². The highest BCUT2D eigenvalue weighted by Crippen LogP contribution is 2.28. The number of rotatable bonds is 8. The summed E-state index contributed by atoms with van der Waals surface area (Å²) >= 11 is 0. The van der Waals surface area contributed by atoms with Gasteiger partial charge < -0.3 is 29.6 Å². The molecular formula is C26H29N7O3. The van der Waals surface area contributed by atoms with Crippen LogP contribution in [-0.2, 0) is 16.0 Å². The fraction of sp³-hybridized carbons (Fsp3) is 0.308. The largest absolute Gasteiger partial charge is 0.383 e. The highest BCUT2D eigenvalue weighted by atomic mass is 16.5. The number of carbonyl (C=O) groups is 1. The molecule has 0 radical (unpaired) electrons. The summed E-state index contributed by atoms with van der Waals surface area (Å²) in [5.41, 5.74) is 5.14. The first-order valence-corrected chi connectivity index (χ1v) is 11.9. The Hall–Kier alpha value is -4.02. The van der Waals surface area contributed by atoms with Crippen LogP contribution in [0.5, 0.6) is 0 Å². The summed E-state index contributed by atoms with van der Waals surface area (Å²) in [7, 11) is 3.31. The lowest BCUT2D eigenvalue weighted by Crippen LogP contribution is -2.37. The van der Waals surface area contributed by atoms with Crippen LogP contribution in [0.2, 0.25) is 0 Å². The van der Waals surface area contributed by atoms with Crippen molar-refractivity contribution in [1.29, 1.82) is 0 Å². The van der Waals surface area contributed by atoms with E-state index in [4.69, 9.17) is 19.4 Å². The van der Waals surface area contributed by atoms with Gasteiger partial charge in [-0.05, 0) is 36.4 Å². The zero-order chi connectivity index (χ0) is 24.9. The maximum atomic E-state index is 11.9. The second-order valence-corrected chi connectivity index (χ2v) is 8.45. The van der Waals surface area contributed by atoms with Crippen molar-refractivity contribution in [3.05, 3.63) is 60.4 Å². The molecule has 2 aromatic carbocycles. The molecule has 0 spiro atoms. The topological polar surface area (TPSA) is 106 Å². The number of ether oxygens (including phenoxy) is 2. The zero-order valence-electron chi connectivity index (χ0n) is 20.4. The fourth-order valence-electron chi connectivity index (χ4n) is 4.13. The number of morpholine rings is 1. The summed E-state index contributed by atoms with van der Waals surface area (Å²) in [5.74, 6) is 1.19. The van der Waals surface area contributed by atoms with Crippen molar-refractivity contribution in [1.82, 2.24) is 24.8 Å². The minimum absolute atomic E-state index is 0.124. The van der Waals surface area contributed by atoms with E-state index in [1.165, 1.54) is 0 Å². The Kier molecular flexibility index (Phi) is 7.06. The molecule has 36 heavy (non-hydrogen) atoms. The molecule has 1 amide bonds. The van der Waals surface area contributed by atoms with E-state index in [0.29, 0.717) is 37.2 Å². The van der Waals surface area contributed by atoms with Gasteiger partial charge in [-0.3, -0.25) is 4.79 Å². The SMILES string of the molecule is CNC(=O)c1ccc(Nc2cc(-c3ccc4ncn(CCOC)c4c3)nc(N3CCOCC3)n2)cc1. The van der Waals surface area contributed by atoms with E-state index in [0.717, 1.165) is 47.6 Å². The minimum atomic E-state index is -0.124. The molecule has 1 aliphatic rings. The van der Waals surface area contributed by atoms with Gasteiger partial charge in [0.15, 0.2) is 0 Å². The highest BCUT2D eigenvalue weighted by molar-refractivity contribution is 5.94. The third-order valence-electron chi connectivity index (χ3n) is 6.11. The van der Waals surface area contributed by atoms with Crippen LogP contribution in [0.1, 0.15) is 10.4 Å². The molecule has 1 saturated heterocycles. The van der Waals surface area contributed by atoms with E-state index in [2.05, 4.69) is 31.2 Å². The molecule has 10 nitrogen and oxygen atoms in total. The lowest BCUT2D eigenvalue weighted by Gasteiger charge is -2.27. The zero-order valence-corrected chi connectivity index (χ0v) is 20.4. The molecule has 5 rings (SSSR count).